The lowest BCUT2D eigenvalue weighted by atomic mass is 10.2. The second-order valence-electron chi connectivity index (χ2n) is 5.25. The van der Waals surface area contributed by atoms with Crippen LogP contribution >= 0.6 is 0 Å². The molecule has 0 N–H and O–H groups in total. The van der Waals surface area contributed by atoms with Crippen molar-refractivity contribution >= 4 is 5.91 Å². The summed E-state index contributed by atoms with van der Waals surface area (Å²) in [5.74, 6) is 6.40. The predicted octanol–water partition coefficient (Wildman–Crippen LogP) is 5.38. The van der Waals surface area contributed by atoms with Crippen molar-refractivity contribution in [2.24, 2.45) is 0 Å². The van der Waals surface area contributed by atoms with Crippen LogP contribution in [0.5, 0.6) is 0 Å². The number of allylic oxidation sites excluding steroid dienone is 4. The molecular weight excluding hydrogens is 270 g/mol. The van der Waals surface area contributed by atoms with E-state index in [2.05, 4.69) is 30.9 Å². The van der Waals surface area contributed by atoms with Gasteiger partial charge in [0.2, 0.25) is 0 Å². The van der Waals surface area contributed by atoms with Gasteiger partial charge in [-0.3, -0.25) is 9.36 Å². The first-order chi connectivity index (χ1) is 10.8. The maximum absolute atomic E-state index is 11.7. The summed E-state index contributed by atoms with van der Waals surface area (Å²) < 4.78 is 1.58. The summed E-state index contributed by atoms with van der Waals surface area (Å²) in [5, 5.41) is 0. The molecule has 0 aliphatic rings. The van der Waals surface area contributed by atoms with E-state index < -0.39 is 0 Å². The molecular formula is C20H27NO. The fourth-order valence-corrected chi connectivity index (χ4v) is 1.99. The fraction of sp³-hybridized carbons (Fsp3) is 0.450. The number of hydrogen-bond acceptors (Lipinski definition) is 1. The van der Waals surface area contributed by atoms with Crippen LogP contribution in [0.25, 0.3) is 0 Å². The summed E-state index contributed by atoms with van der Waals surface area (Å²) in [6, 6.07) is 3.70. The maximum atomic E-state index is 11.7. The largest absolute Gasteiger partial charge is 0.291 e. The van der Waals surface area contributed by atoms with Gasteiger partial charge in [0.1, 0.15) is 0 Å². The summed E-state index contributed by atoms with van der Waals surface area (Å²) in [6.07, 6.45) is 20.1. The molecule has 0 aliphatic heterocycles. The van der Waals surface area contributed by atoms with Crippen LogP contribution < -0.4 is 0 Å². The molecule has 1 heterocycles. The van der Waals surface area contributed by atoms with Crippen molar-refractivity contribution in [3.05, 3.63) is 48.8 Å². The molecule has 1 rings (SSSR count). The zero-order valence-corrected chi connectivity index (χ0v) is 13.6. The van der Waals surface area contributed by atoms with Gasteiger partial charge in [-0.2, -0.15) is 0 Å². The normalized spacial score (nSPS) is 11.0. The lowest BCUT2D eigenvalue weighted by Crippen LogP contribution is -2.03. The summed E-state index contributed by atoms with van der Waals surface area (Å²) in [4.78, 5) is 11.7. The second-order valence-corrected chi connectivity index (χ2v) is 5.25. The fourth-order valence-electron chi connectivity index (χ4n) is 1.99. The van der Waals surface area contributed by atoms with E-state index in [9.17, 15) is 4.79 Å². The van der Waals surface area contributed by atoms with Gasteiger partial charge < -0.3 is 0 Å². The van der Waals surface area contributed by atoms with Crippen molar-refractivity contribution in [3.8, 4) is 11.8 Å². The minimum atomic E-state index is 0.0129. The van der Waals surface area contributed by atoms with Crippen LogP contribution in [0.4, 0.5) is 0 Å². The van der Waals surface area contributed by atoms with Gasteiger partial charge in [0, 0.05) is 25.2 Å². The van der Waals surface area contributed by atoms with E-state index in [4.69, 9.17) is 0 Å². The van der Waals surface area contributed by atoms with Crippen molar-refractivity contribution in [3.63, 3.8) is 0 Å². The number of rotatable bonds is 9. The Morgan fingerprint density at radius 2 is 1.77 bits per heavy atom. The number of nitrogens with zero attached hydrogens (tertiary/aromatic N) is 1. The van der Waals surface area contributed by atoms with E-state index in [0.717, 1.165) is 32.1 Å². The van der Waals surface area contributed by atoms with Crippen LogP contribution in [-0.2, 0) is 0 Å². The van der Waals surface area contributed by atoms with Crippen LogP contribution in [0.3, 0.4) is 0 Å². The number of aromatic nitrogens is 1. The van der Waals surface area contributed by atoms with Crippen LogP contribution in [0, 0.1) is 11.8 Å². The topological polar surface area (TPSA) is 22.0 Å². The van der Waals surface area contributed by atoms with Crippen LogP contribution in [0.1, 0.15) is 63.1 Å². The highest BCUT2D eigenvalue weighted by Gasteiger charge is 1.95. The third kappa shape index (κ3) is 9.02. The van der Waals surface area contributed by atoms with Gasteiger partial charge in [0.15, 0.2) is 0 Å². The average Bonchev–Trinajstić information content (AvgIpc) is 3.06. The van der Waals surface area contributed by atoms with Crippen molar-refractivity contribution in [2.75, 3.05) is 0 Å². The molecule has 0 saturated carbocycles. The third-order valence-corrected chi connectivity index (χ3v) is 3.28. The Morgan fingerprint density at radius 3 is 2.55 bits per heavy atom. The zero-order chi connectivity index (χ0) is 15.9. The van der Waals surface area contributed by atoms with Crippen molar-refractivity contribution in [1.82, 2.24) is 4.57 Å². The molecule has 2 heteroatoms. The number of hydrogen-bond donors (Lipinski definition) is 0. The Hall–Kier alpha value is -2.01. The smallest absolute Gasteiger partial charge is 0.254 e. The molecule has 0 bridgehead atoms. The predicted molar refractivity (Wildman–Crippen MR) is 93.7 cm³/mol. The SMILES string of the molecule is CCCCCC#CC/C=C\CCC/C=C/C(=O)n1cccc1. The summed E-state index contributed by atoms with van der Waals surface area (Å²) in [7, 11) is 0. The quantitative estimate of drug-likeness (QED) is 0.259. The molecule has 0 atom stereocenters. The van der Waals surface area contributed by atoms with Crippen LogP contribution in [0.15, 0.2) is 48.8 Å². The molecule has 22 heavy (non-hydrogen) atoms. The Labute approximate surface area is 134 Å². The molecule has 118 valence electrons. The van der Waals surface area contributed by atoms with Crippen LogP contribution in [-0.4, -0.2) is 10.5 Å². The minimum Gasteiger partial charge on any atom is -0.291 e. The zero-order valence-electron chi connectivity index (χ0n) is 13.6. The average molecular weight is 297 g/mol. The Kier molecular flexibility index (Phi) is 10.4. The van der Waals surface area contributed by atoms with Gasteiger partial charge in [0.05, 0.1) is 0 Å². The van der Waals surface area contributed by atoms with Gasteiger partial charge >= 0.3 is 0 Å². The molecule has 0 saturated heterocycles. The van der Waals surface area contributed by atoms with E-state index >= 15 is 0 Å². The molecule has 0 radical (unpaired) electrons. The highest BCUT2D eigenvalue weighted by atomic mass is 16.1. The van der Waals surface area contributed by atoms with Gasteiger partial charge in [-0.15, -0.1) is 5.92 Å². The minimum absolute atomic E-state index is 0.0129. The monoisotopic (exact) mass is 297 g/mol. The van der Waals surface area contributed by atoms with Crippen molar-refractivity contribution < 1.29 is 4.79 Å². The standard InChI is InChI=1S/C20H27NO/c1-2-3-4-5-6-7-8-9-10-11-12-13-14-17-20(22)21-18-15-16-19-21/h9-10,14-19H,2-5,8,11-13H2,1H3/b10-9-,17-14+. The van der Waals surface area contributed by atoms with Gasteiger partial charge in [-0.05, 0) is 43.9 Å². The lowest BCUT2D eigenvalue weighted by molar-refractivity contribution is 0.0969. The molecule has 0 unspecified atom stereocenters. The van der Waals surface area contributed by atoms with E-state index in [1.165, 1.54) is 19.3 Å². The molecule has 0 fully saturated rings. The van der Waals surface area contributed by atoms with Gasteiger partial charge in [0.25, 0.3) is 5.91 Å². The molecule has 1 aromatic rings. The van der Waals surface area contributed by atoms with E-state index in [0.29, 0.717) is 0 Å². The highest BCUT2D eigenvalue weighted by molar-refractivity contribution is 5.89. The Morgan fingerprint density at radius 1 is 1.00 bits per heavy atom. The molecule has 1 aromatic heterocycles. The summed E-state index contributed by atoms with van der Waals surface area (Å²) in [5.41, 5.74) is 0. The molecule has 0 amide bonds. The molecule has 0 spiro atoms. The van der Waals surface area contributed by atoms with E-state index in [-0.39, 0.29) is 5.91 Å². The summed E-state index contributed by atoms with van der Waals surface area (Å²) >= 11 is 0. The molecule has 2 nitrogen and oxygen atoms in total. The van der Waals surface area contributed by atoms with Crippen molar-refractivity contribution in [1.29, 1.82) is 0 Å². The molecule has 0 aromatic carbocycles. The van der Waals surface area contributed by atoms with Crippen LogP contribution in [0.2, 0.25) is 0 Å². The first-order valence-electron chi connectivity index (χ1n) is 8.29. The lowest BCUT2D eigenvalue weighted by Gasteiger charge is -1.94. The van der Waals surface area contributed by atoms with E-state index in [1.807, 2.05) is 18.2 Å². The van der Waals surface area contributed by atoms with E-state index in [1.54, 1.807) is 23.0 Å². The second kappa shape index (κ2) is 12.7. The first-order valence-corrected chi connectivity index (χ1v) is 8.29. The Bertz CT molecular complexity index is 512. The third-order valence-electron chi connectivity index (χ3n) is 3.28. The number of unbranched alkanes of at least 4 members (excludes halogenated alkanes) is 5. The van der Waals surface area contributed by atoms with Gasteiger partial charge in [-0.1, -0.05) is 43.9 Å². The summed E-state index contributed by atoms with van der Waals surface area (Å²) in [6.45, 7) is 2.21. The number of carbonyl (C=O) groups excluding carboxylic acids is 1. The van der Waals surface area contributed by atoms with Crippen molar-refractivity contribution in [2.45, 2.75) is 58.3 Å². The maximum Gasteiger partial charge on any atom is 0.254 e. The number of carbonyl (C=O) groups is 1. The molecule has 0 aliphatic carbocycles. The first kappa shape index (κ1) is 18.0. The Balaban J connectivity index is 2.01. The van der Waals surface area contributed by atoms with Gasteiger partial charge in [-0.25, -0.2) is 0 Å². The highest BCUT2D eigenvalue weighted by Crippen LogP contribution is 2.00.